The lowest BCUT2D eigenvalue weighted by molar-refractivity contribution is 0.0706. The molecule has 34 heavy (non-hydrogen) atoms. The van der Waals surface area contributed by atoms with Crippen molar-refractivity contribution in [3.8, 4) is 23.2 Å². The van der Waals surface area contributed by atoms with Crippen LogP contribution in [0.1, 0.15) is 21.5 Å². The van der Waals surface area contributed by atoms with Gasteiger partial charge in [0.25, 0.3) is 5.91 Å². The maximum absolute atomic E-state index is 11.6. The number of benzene rings is 3. The molecule has 1 aromatic heterocycles. The van der Waals surface area contributed by atoms with E-state index in [4.69, 9.17) is 10.2 Å². The maximum Gasteiger partial charge on any atom is 0.274 e. The smallest absolute Gasteiger partial charge is 0.274 e. The van der Waals surface area contributed by atoms with Crippen LogP contribution in [-0.2, 0) is 0 Å². The molecule has 3 N–H and O–H groups in total. The van der Waals surface area contributed by atoms with E-state index in [2.05, 4.69) is 45.8 Å². The van der Waals surface area contributed by atoms with Gasteiger partial charge in [-0.25, -0.2) is 10.5 Å². The van der Waals surface area contributed by atoms with E-state index in [1.54, 1.807) is 29.7 Å². The molecular formula is C27H25N5O2. The van der Waals surface area contributed by atoms with Crippen molar-refractivity contribution in [2.24, 2.45) is 0 Å². The molecule has 0 unspecified atom stereocenters. The second-order valence-electron chi connectivity index (χ2n) is 8.40. The summed E-state index contributed by atoms with van der Waals surface area (Å²) in [5, 5.41) is 8.82. The van der Waals surface area contributed by atoms with E-state index < -0.39 is 5.91 Å². The average molecular weight is 452 g/mol. The normalized spacial score (nSPS) is 14.0. The number of aromatic amines is 1. The number of aromatic nitrogens is 2. The van der Waals surface area contributed by atoms with Crippen molar-refractivity contribution in [3.63, 3.8) is 0 Å². The first-order chi connectivity index (χ1) is 16.6. The number of carbonyl (C=O) groups is 1. The van der Waals surface area contributed by atoms with Crippen molar-refractivity contribution in [2.45, 2.75) is 0 Å². The first kappa shape index (κ1) is 21.7. The predicted octanol–water partition coefficient (Wildman–Crippen LogP) is 3.50. The predicted molar refractivity (Wildman–Crippen MR) is 133 cm³/mol. The Bertz CT molecular complexity index is 1380. The van der Waals surface area contributed by atoms with Crippen LogP contribution in [0.4, 0.5) is 5.69 Å². The van der Waals surface area contributed by atoms with Gasteiger partial charge in [0, 0.05) is 42.9 Å². The summed E-state index contributed by atoms with van der Waals surface area (Å²) in [4.78, 5) is 24.5. The Kier molecular flexibility index (Phi) is 6.00. The van der Waals surface area contributed by atoms with Gasteiger partial charge in [0.15, 0.2) is 0 Å². The van der Waals surface area contributed by atoms with Gasteiger partial charge < -0.3 is 14.8 Å². The molecule has 3 aromatic carbocycles. The minimum Gasteiger partial charge on any atom is -0.368 e. The number of nitrogens with one attached hydrogen (secondary N) is 2. The van der Waals surface area contributed by atoms with Gasteiger partial charge in [-0.3, -0.25) is 10.0 Å². The summed E-state index contributed by atoms with van der Waals surface area (Å²) in [5.41, 5.74) is 7.68. The number of hydroxylamine groups is 1. The van der Waals surface area contributed by atoms with Gasteiger partial charge in [0.1, 0.15) is 5.82 Å². The highest BCUT2D eigenvalue weighted by molar-refractivity contribution is 5.94. The first-order valence-corrected chi connectivity index (χ1v) is 11.2. The number of H-pyrrole nitrogens is 1. The zero-order chi connectivity index (χ0) is 23.5. The molecule has 1 aliphatic rings. The molecule has 7 nitrogen and oxygen atoms in total. The Hall–Kier alpha value is -4.12. The van der Waals surface area contributed by atoms with Crippen LogP contribution in [0.2, 0.25) is 0 Å². The number of fused-ring (bicyclic) bond motifs is 1. The Morgan fingerprint density at radius 2 is 1.74 bits per heavy atom. The standard InChI is InChI=1S/C27H25N5O2/c1-31-13-15-32(16-14-31)25-18-24-23(17-22(25)8-7-19-5-3-2-4-6-19)28-26(29-24)20-9-11-21(12-10-20)27(33)30-34/h2-6,9-12,17-18,34H,13-16H2,1H3,(H,28,29)(H,30,33). The number of rotatable bonds is 3. The van der Waals surface area contributed by atoms with Crippen LogP contribution in [0.5, 0.6) is 0 Å². The van der Waals surface area contributed by atoms with Gasteiger partial charge in [-0.15, -0.1) is 0 Å². The van der Waals surface area contributed by atoms with Gasteiger partial charge in [0.05, 0.1) is 22.3 Å². The number of nitrogens with zero attached hydrogens (tertiary/aromatic N) is 3. The third-order valence-electron chi connectivity index (χ3n) is 6.08. The molecule has 170 valence electrons. The molecule has 5 rings (SSSR count). The number of likely N-dealkylation sites (N-methyl/N-ethyl adjacent to an activating group) is 1. The summed E-state index contributed by atoms with van der Waals surface area (Å²) in [7, 11) is 2.14. The summed E-state index contributed by atoms with van der Waals surface area (Å²) in [6, 6.07) is 21.1. The number of carbonyl (C=O) groups excluding carboxylic acids is 1. The minimum absolute atomic E-state index is 0.373. The second-order valence-corrected chi connectivity index (χ2v) is 8.40. The number of anilines is 1. The van der Waals surface area contributed by atoms with E-state index in [-0.39, 0.29) is 0 Å². The van der Waals surface area contributed by atoms with Gasteiger partial charge >= 0.3 is 0 Å². The van der Waals surface area contributed by atoms with E-state index in [1.165, 1.54) is 0 Å². The molecule has 2 heterocycles. The van der Waals surface area contributed by atoms with Crippen LogP contribution >= 0.6 is 0 Å². The molecule has 1 fully saturated rings. The fourth-order valence-corrected chi connectivity index (χ4v) is 4.10. The number of piperazine rings is 1. The lowest BCUT2D eigenvalue weighted by atomic mass is 10.1. The van der Waals surface area contributed by atoms with Crippen LogP contribution in [0.3, 0.4) is 0 Å². The summed E-state index contributed by atoms with van der Waals surface area (Å²) in [6.07, 6.45) is 0. The molecule has 1 saturated heterocycles. The molecule has 1 amide bonds. The molecule has 0 spiro atoms. The highest BCUT2D eigenvalue weighted by atomic mass is 16.5. The second kappa shape index (κ2) is 9.40. The third kappa shape index (κ3) is 4.50. The molecule has 1 aliphatic heterocycles. The SMILES string of the molecule is CN1CCN(c2cc3nc(-c4ccc(C(=O)NO)cc4)[nH]c3cc2C#Cc2ccccc2)CC1. The van der Waals surface area contributed by atoms with Crippen molar-refractivity contribution in [2.75, 3.05) is 38.1 Å². The molecule has 0 radical (unpaired) electrons. The van der Waals surface area contributed by atoms with Crippen LogP contribution in [0.25, 0.3) is 22.4 Å². The van der Waals surface area contributed by atoms with Crippen LogP contribution in [0, 0.1) is 11.8 Å². The largest absolute Gasteiger partial charge is 0.368 e. The topological polar surface area (TPSA) is 84.5 Å². The van der Waals surface area contributed by atoms with Gasteiger partial charge in [-0.2, -0.15) is 0 Å². The third-order valence-corrected chi connectivity index (χ3v) is 6.08. The van der Waals surface area contributed by atoms with Crippen molar-refractivity contribution in [3.05, 3.63) is 83.4 Å². The summed E-state index contributed by atoms with van der Waals surface area (Å²) in [5.74, 6) is 6.84. The average Bonchev–Trinajstić information content (AvgIpc) is 3.30. The van der Waals surface area contributed by atoms with Crippen LogP contribution in [-0.4, -0.2) is 59.2 Å². The zero-order valence-electron chi connectivity index (χ0n) is 18.9. The molecule has 0 atom stereocenters. The van der Waals surface area contributed by atoms with E-state index in [0.717, 1.165) is 59.6 Å². The fraction of sp³-hybridized carbons (Fsp3) is 0.185. The molecule has 0 aliphatic carbocycles. The van der Waals surface area contributed by atoms with E-state index >= 15 is 0 Å². The molecular weight excluding hydrogens is 426 g/mol. The van der Waals surface area contributed by atoms with Gasteiger partial charge in [0.2, 0.25) is 0 Å². The number of hydrogen-bond acceptors (Lipinski definition) is 5. The summed E-state index contributed by atoms with van der Waals surface area (Å²) >= 11 is 0. The summed E-state index contributed by atoms with van der Waals surface area (Å²) < 4.78 is 0. The van der Waals surface area contributed by atoms with Gasteiger partial charge in [-0.1, -0.05) is 42.2 Å². The van der Waals surface area contributed by atoms with E-state index in [1.807, 2.05) is 30.3 Å². The van der Waals surface area contributed by atoms with E-state index in [0.29, 0.717) is 11.4 Å². The van der Waals surface area contributed by atoms with Gasteiger partial charge in [-0.05, 0) is 43.4 Å². The Morgan fingerprint density at radius 3 is 2.44 bits per heavy atom. The fourth-order valence-electron chi connectivity index (χ4n) is 4.10. The quantitative estimate of drug-likeness (QED) is 0.252. The highest BCUT2D eigenvalue weighted by Gasteiger charge is 2.19. The monoisotopic (exact) mass is 451 g/mol. The number of amides is 1. The first-order valence-electron chi connectivity index (χ1n) is 11.2. The molecule has 0 bridgehead atoms. The Morgan fingerprint density at radius 1 is 1.00 bits per heavy atom. The van der Waals surface area contributed by atoms with Crippen molar-refractivity contribution >= 4 is 22.6 Å². The highest BCUT2D eigenvalue weighted by Crippen LogP contribution is 2.29. The zero-order valence-corrected chi connectivity index (χ0v) is 18.9. The van der Waals surface area contributed by atoms with Crippen molar-refractivity contribution in [1.82, 2.24) is 20.3 Å². The van der Waals surface area contributed by atoms with Crippen molar-refractivity contribution in [1.29, 1.82) is 0 Å². The number of hydrogen-bond donors (Lipinski definition) is 3. The maximum atomic E-state index is 11.6. The molecule has 4 aromatic rings. The molecule has 7 heteroatoms. The number of imidazole rings is 1. The lowest BCUT2D eigenvalue weighted by Crippen LogP contribution is -2.44. The lowest BCUT2D eigenvalue weighted by Gasteiger charge is -2.34. The Labute approximate surface area is 198 Å². The van der Waals surface area contributed by atoms with Crippen LogP contribution in [0.15, 0.2) is 66.7 Å². The summed E-state index contributed by atoms with van der Waals surface area (Å²) in [6.45, 7) is 3.88. The Balaban J connectivity index is 1.55. The molecule has 0 saturated carbocycles. The van der Waals surface area contributed by atoms with E-state index in [9.17, 15) is 4.79 Å². The van der Waals surface area contributed by atoms with Crippen molar-refractivity contribution < 1.29 is 10.0 Å². The minimum atomic E-state index is -0.547. The van der Waals surface area contributed by atoms with Crippen LogP contribution < -0.4 is 10.4 Å².